The van der Waals surface area contributed by atoms with E-state index in [1.54, 1.807) is 0 Å². The number of aromatic nitrogens is 1. The summed E-state index contributed by atoms with van der Waals surface area (Å²) in [4.78, 5) is 17.9. The van der Waals surface area contributed by atoms with Crippen molar-refractivity contribution in [3.63, 3.8) is 0 Å². The number of likely N-dealkylation sites (tertiary alicyclic amines) is 1. The van der Waals surface area contributed by atoms with Crippen molar-refractivity contribution in [3.8, 4) is 0 Å². The number of carbonyl (C=O) groups excluding carboxylic acids is 1. The van der Waals surface area contributed by atoms with E-state index in [9.17, 15) is 4.79 Å². The fourth-order valence-electron chi connectivity index (χ4n) is 4.18. The summed E-state index contributed by atoms with van der Waals surface area (Å²) in [6.07, 6.45) is 9.85. The molecule has 2 aromatic rings. The number of amides is 1. The lowest BCUT2D eigenvalue weighted by atomic mass is 9.77. The van der Waals surface area contributed by atoms with Crippen molar-refractivity contribution in [3.05, 3.63) is 36.0 Å². The summed E-state index contributed by atoms with van der Waals surface area (Å²) in [6, 6.07) is 7.98. The molecule has 1 saturated heterocycles. The van der Waals surface area contributed by atoms with Crippen LogP contribution in [0.15, 0.2) is 30.5 Å². The van der Waals surface area contributed by atoms with E-state index in [-0.39, 0.29) is 5.91 Å². The molecule has 4 rings (SSSR count). The van der Waals surface area contributed by atoms with E-state index >= 15 is 0 Å². The Hall–Kier alpha value is -1.77. The predicted molar refractivity (Wildman–Crippen MR) is 84.3 cm³/mol. The molecule has 1 aromatic carbocycles. The van der Waals surface area contributed by atoms with Gasteiger partial charge in [0.2, 0.25) is 0 Å². The van der Waals surface area contributed by atoms with Crippen molar-refractivity contribution in [1.29, 1.82) is 0 Å². The van der Waals surface area contributed by atoms with E-state index in [0.717, 1.165) is 29.6 Å². The molecule has 2 aliphatic rings. The smallest absolute Gasteiger partial charge is 0.253 e. The molecular formula is C18H22N2O. The van der Waals surface area contributed by atoms with Gasteiger partial charge in [-0.1, -0.05) is 12.8 Å². The Kier molecular flexibility index (Phi) is 3.02. The molecule has 1 saturated carbocycles. The SMILES string of the molecule is O=C(c1ccc2[nH]ccc2c1)N1CCC2(CCCC2)CC1. The zero-order valence-corrected chi connectivity index (χ0v) is 12.4. The average molecular weight is 282 g/mol. The van der Waals surface area contributed by atoms with Crippen LogP contribution in [0.25, 0.3) is 10.9 Å². The van der Waals surface area contributed by atoms with Gasteiger partial charge < -0.3 is 9.88 Å². The van der Waals surface area contributed by atoms with Gasteiger partial charge in [-0.2, -0.15) is 0 Å². The van der Waals surface area contributed by atoms with Gasteiger partial charge in [-0.3, -0.25) is 4.79 Å². The van der Waals surface area contributed by atoms with Crippen LogP contribution >= 0.6 is 0 Å². The Morgan fingerprint density at radius 3 is 2.57 bits per heavy atom. The van der Waals surface area contributed by atoms with Gasteiger partial charge in [0.1, 0.15) is 0 Å². The van der Waals surface area contributed by atoms with Gasteiger partial charge in [0.05, 0.1) is 0 Å². The van der Waals surface area contributed by atoms with E-state index in [4.69, 9.17) is 0 Å². The molecule has 1 amide bonds. The maximum Gasteiger partial charge on any atom is 0.253 e. The van der Waals surface area contributed by atoms with Crippen molar-refractivity contribution < 1.29 is 4.79 Å². The molecular weight excluding hydrogens is 260 g/mol. The molecule has 0 unspecified atom stereocenters. The van der Waals surface area contributed by atoms with Gasteiger partial charge in [0.15, 0.2) is 0 Å². The summed E-state index contributed by atoms with van der Waals surface area (Å²) >= 11 is 0. The summed E-state index contributed by atoms with van der Waals surface area (Å²) in [5.41, 5.74) is 2.49. The van der Waals surface area contributed by atoms with Crippen LogP contribution in [0.3, 0.4) is 0 Å². The van der Waals surface area contributed by atoms with Crippen molar-refractivity contribution in [2.24, 2.45) is 5.41 Å². The molecule has 0 atom stereocenters. The zero-order valence-electron chi connectivity index (χ0n) is 12.4. The highest BCUT2D eigenvalue weighted by Gasteiger charge is 2.38. The van der Waals surface area contributed by atoms with Crippen LogP contribution in [0, 0.1) is 5.41 Å². The molecule has 1 N–H and O–H groups in total. The van der Waals surface area contributed by atoms with Crippen LogP contribution in [0.2, 0.25) is 0 Å². The molecule has 3 nitrogen and oxygen atoms in total. The first kappa shape index (κ1) is 12.9. The average Bonchev–Trinajstić information content (AvgIpc) is 3.16. The number of H-pyrrole nitrogens is 1. The summed E-state index contributed by atoms with van der Waals surface area (Å²) in [5, 5.41) is 1.12. The Morgan fingerprint density at radius 2 is 1.81 bits per heavy atom. The highest BCUT2D eigenvalue weighted by atomic mass is 16.2. The number of nitrogens with zero attached hydrogens (tertiary/aromatic N) is 1. The molecule has 110 valence electrons. The van der Waals surface area contributed by atoms with E-state index in [1.165, 1.54) is 38.5 Å². The van der Waals surface area contributed by atoms with Crippen LogP contribution in [0.4, 0.5) is 0 Å². The van der Waals surface area contributed by atoms with Gasteiger partial charge >= 0.3 is 0 Å². The Bertz CT molecular complexity index is 657. The maximum atomic E-state index is 12.7. The van der Waals surface area contributed by atoms with Gasteiger partial charge in [-0.25, -0.2) is 0 Å². The second-order valence-corrected chi connectivity index (χ2v) is 6.78. The van der Waals surface area contributed by atoms with Gasteiger partial charge in [0.25, 0.3) is 5.91 Å². The number of benzene rings is 1. The van der Waals surface area contributed by atoms with Gasteiger partial charge in [-0.05, 0) is 55.4 Å². The Morgan fingerprint density at radius 1 is 1.05 bits per heavy atom. The van der Waals surface area contributed by atoms with Crippen molar-refractivity contribution >= 4 is 16.8 Å². The molecule has 3 heteroatoms. The van der Waals surface area contributed by atoms with Gasteiger partial charge in [-0.15, -0.1) is 0 Å². The number of aromatic amines is 1. The highest BCUT2D eigenvalue weighted by molar-refractivity contribution is 5.98. The number of nitrogens with one attached hydrogen (secondary N) is 1. The van der Waals surface area contributed by atoms with E-state index in [1.807, 2.05) is 30.5 Å². The first-order valence-corrected chi connectivity index (χ1v) is 8.12. The van der Waals surface area contributed by atoms with Crippen molar-refractivity contribution in [2.75, 3.05) is 13.1 Å². The van der Waals surface area contributed by atoms with Crippen molar-refractivity contribution in [1.82, 2.24) is 9.88 Å². The third-order valence-electron chi connectivity index (χ3n) is 5.58. The van der Waals surface area contributed by atoms with E-state index in [2.05, 4.69) is 9.88 Å². The fourth-order valence-corrected chi connectivity index (χ4v) is 4.18. The second kappa shape index (κ2) is 4.90. The number of piperidine rings is 1. The normalized spacial score (nSPS) is 21.2. The summed E-state index contributed by atoms with van der Waals surface area (Å²) in [7, 11) is 0. The van der Waals surface area contributed by atoms with Crippen LogP contribution < -0.4 is 0 Å². The molecule has 1 aromatic heterocycles. The molecule has 1 aliphatic carbocycles. The predicted octanol–water partition coefficient (Wildman–Crippen LogP) is 3.96. The maximum absolute atomic E-state index is 12.7. The monoisotopic (exact) mass is 282 g/mol. The fraction of sp³-hybridized carbons (Fsp3) is 0.500. The molecule has 2 fully saturated rings. The molecule has 1 aliphatic heterocycles. The van der Waals surface area contributed by atoms with Crippen LogP contribution in [-0.4, -0.2) is 28.9 Å². The lowest BCUT2D eigenvalue weighted by molar-refractivity contribution is 0.0587. The number of hydrogen-bond donors (Lipinski definition) is 1. The molecule has 0 bridgehead atoms. The van der Waals surface area contributed by atoms with Crippen LogP contribution in [0.1, 0.15) is 48.9 Å². The third kappa shape index (κ3) is 2.25. The molecule has 1 spiro atoms. The third-order valence-corrected chi connectivity index (χ3v) is 5.58. The lowest BCUT2D eigenvalue weighted by Gasteiger charge is -2.39. The van der Waals surface area contributed by atoms with Gasteiger partial charge in [0, 0.05) is 35.8 Å². The minimum Gasteiger partial charge on any atom is -0.361 e. The standard InChI is InChI=1S/C18H22N2O/c21-17(15-3-4-16-14(13-15)5-10-19-16)20-11-8-18(9-12-20)6-1-2-7-18/h3-5,10,13,19H,1-2,6-9,11-12H2. The number of carbonyl (C=O) groups is 1. The Balaban J connectivity index is 1.50. The van der Waals surface area contributed by atoms with Crippen LogP contribution in [-0.2, 0) is 0 Å². The number of rotatable bonds is 1. The number of hydrogen-bond acceptors (Lipinski definition) is 1. The second-order valence-electron chi connectivity index (χ2n) is 6.78. The topological polar surface area (TPSA) is 36.1 Å². The largest absolute Gasteiger partial charge is 0.361 e. The summed E-state index contributed by atoms with van der Waals surface area (Å²) in [5.74, 6) is 0.200. The quantitative estimate of drug-likeness (QED) is 0.844. The zero-order chi connectivity index (χ0) is 14.3. The minimum atomic E-state index is 0.200. The molecule has 0 radical (unpaired) electrons. The first-order valence-electron chi connectivity index (χ1n) is 8.12. The van der Waals surface area contributed by atoms with Crippen molar-refractivity contribution in [2.45, 2.75) is 38.5 Å². The van der Waals surface area contributed by atoms with Crippen LogP contribution in [0.5, 0.6) is 0 Å². The summed E-state index contributed by atoms with van der Waals surface area (Å²) < 4.78 is 0. The Labute approximate surface area is 125 Å². The summed E-state index contributed by atoms with van der Waals surface area (Å²) in [6.45, 7) is 1.87. The molecule has 21 heavy (non-hydrogen) atoms. The minimum absolute atomic E-state index is 0.200. The van der Waals surface area contributed by atoms with E-state index < -0.39 is 0 Å². The highest BCUT2D eigenvalue weighted by Crippen LogP contribution is 2.46. The number of fused-ring (bicyclic) bond motifs is 1. The molecule has 2 heterocycles. The van der Waals surface area contributed by atoms with E-state index in [0.29, 0.717) is 5.41 Å². The first-order chi connectivity index (χ1) is 10.3. The lowest BCUT2D eigenvalue weighted by Crippen LogP contribution is -2.42.